The number of hydrogen-bond donors (Lipinski definition) is 2. The van der Waals surface area contributed by atoms with Crippen LogP contribution in [0, 0.1) is 26.6 Å². The predicted octanol–water partition coefficient (Wildman–Crippen LogP) is 4.61. The fraction of sp³-hybridized carbons (Fsp3) is 0.400. The topological polar surface area (TPSA) is 105 Å². The number of benzene rings is 1. The molecule has 12 heteroatoms. The van der Waals surface area contributed by atoms with E-state index in [-0.39, 0.29) is 35.5 Å². The van der Waals surface area contributed by atoms with Crippen LogP contribution in [0.15, 0.2) is 30.6 Å². The molecule has 3 aromatic rings. The van der Waals surface area contributed by atoms with Crippen molar-refractivity contribution in [3.8, 4) is 0 Å². The Hall–Kier alpha value is -4.35. The highest BCUT2D eigenvalue weighted by atomic mass is 19.3. The highest BCUT2D eigenvalue weighted by Crippen LogP contribution is 2.29. The van der Waals surface area contributed by atoms with Crippen molar-refractivity contribution >= 4 is 29.2 Å². The highest BCUT2D eigenvalue weighted by Gasteiger charge is 2.37. The van der Waals surface area contributed by atoms with Gasteiger partial charge in [0.2, 0.25) is 0 Å². The van der Waals surface area contributed by atoms with Crippen molar-refractivity contribution in [1.29, 1.82) is 0 Å². The van der Waals surface area contributed by atoms with Crippen LogP contribution in [-0.2, 0) is 18.9 Å². The van der Waals surface area contributed by atoms with Crippen LogP contribution in [0.4, 0.5) is 18.9 Å². The van der Waals surface area contributed by atoms with E-state index in [0.717, 1.165) is 0 Å². The normalized spacial score (nSPS) is 14.7. The van der Waals surface area contributed by atoms with Crippen LogP contribution in [0.1, 0.15) is 79.8 Å². The molecule has 0 atom stereocenters. The largest absolute Gasteiger partial charge is 0.356 e. The van der Waals surface area contributed by atoms with Gasteiger partial charge >= 0.3 is 0 Å². The monoisotopic (exact) mass is 585 g/mol. The Morgan fingerprint density at radius 2 is 1.64 bits per heavy atom. The fourth-order valence-corrected chi connectivity index (χ4v) is 5.44. The molecule has 0 radical (unpaired) electrons. The Bertz CT molecular complexity index is 1580. The molecular weight excluding hydrogens is 551 g/mol. The van der Waals surface area contributed by atoms with E-state index in [9.17, 15) is 32.3 Å². The number of hydrogen-bond acceptors (Lipinski definition) is 4. The summed E-state index contributed by atoms with van der Waals surface area (Å²) in [6, 6.07) is 4.18. The van der Waals surface area contributed by atoms with Crippen LogP contribution in [0.3, 0.4) is 0 Å². The molecule has 2 aromatic heterocycles. The molecule has 3 amide bonds. The second kappa shape index (κ2) is 11.5. The van der Waals surface area contributed by atoms with Gasteiger partial charge in [0, 0.05) is 62.1 Å². The number of carbonyl (C=O) groups is 4. The van der Waals surface area contributed by atoms with Gasteiger partial charge in [0.15, 0.2) is 0 Å². The summed E-state index contributed by atoms with van der Waals surface area (Å²) in [5.41, 5.74) is 0.648. The number of aromatic nitrogens is 2. The van der Waals surface area contributed by atoms with Crippen molar-refractivity contribution in [3.63, 3.8) is 0 Å². The van der Waals surface area contributed by atoms with Crippen LogP contribution < -0.4 is 10.6 Å². The average molecular weight is 586 g/mol. The first-order valence-electron chi connectivity index (χ1n) is 13.5. The molecule has 0 aliphatic carbocycles. The Labute approximate surface area is 241 Å². The second-order valence-electron chi connectivity index (χ2n) is 11.1. The van der Waals surface area contributed by atoms with Gasteiger partial charge in [-0.15, -0.1) is 0 Å². The molecule has 0 bridgehead atoms. The van der Waals surface area contributed by atoms with Gasteiger partial charge in [0.25, 0.3) is 29.9 Å². The number of carbonyl (C=O) groups excluding carboxylic acids is 4. The summed E-state index contributed by atoms with van der Waals surface area (Å²) in [7, 11) is 3.16. The van der Waals surface area contributed by atoms with Gasteiger partial charge in [0.1, 0.15) is 5.82 Å². The van der Waals surface area contributed by atoms with Crippen LogP contribution in [0.5, 0.6) is 0 Å². The Kier molecular flexibility index (Phi) is 8.38. The first kappa shape index (κ1) is 30.6. The van der Waals surface area contributed by atoms with Crippen molar-refractivity contribution in [2.24, 2.45) is 14.1 Å². The highest BCUT2D eigenvalue weighted by molar-refractivity contribution is 6.43. The van der Waals surface area contributed by atoms with E-state index < -0.39 is 41.3 Å². The van der Waals surface area contributed by atoms with Crippen LogP contribution in [0.2, 0.25) is 0 Å². The Morgan fingerprint density at radius 3 is 2.24 bits per heavy atom. The third-order valence-electron chi connectivity index (χ3n) is 8.02. The minimum atomic E-state index is -2.78. The first-order chi connectivity index (χ1) is 19.6. The van der Waals surface area contributed by atoms with Crippen molar-refractivity contribution < 1.29 is 32.3 Å². The lowest BCUT2D eigenvalue weighted by Gasteiger charge is -2.39. The maximum atomic E-state index is 13.6. The molecule has 1 saturated heterocycles. The van der Waals surface area contributed by atoms with E-state index >= 15 is 0 Å². The summed E-state index contributed by atoms with van der Waals surface area (Å²) in [6.45, 7) is 7.00. The number of aryl methyl sites for hydroxylation is 2. The third kappa shape index (κ3) is 5.83. The molecule has 9 nitrogen and oxygen atoms in total. The molecule has 0 spiro atoms. The average Bonchev–Trinajstić information content (AvgIpc) is 3.42. The number of halogens is 3. The van der Waals surface area contributed by atoms with Crippen molar-refractivity contribution in [2.75, 3.05) is 18.4 Å². The molecule has 2 N–H and O–H groups in total. The van der Waals surface area contributed by atoms with Gasteiger partial charge in [-0.1, -0.05) is 0 Å². The molecule has 0 unspecified atom stereocenters. The zero-order chi connectivity index (χ0) is 31.1. The number of likely N-dealkylation sites (tertiary alicyclic amines) is 1. The standard InChI is InChI=1S/C30H34F3N5O4/c1-16-13-19(7-8-22(16)31)34-27(40)23-17(2)24(37(6)18(23)3)25(39)28(41)35-30(4)9-11-38(12-10-30)29(42)21-15-36(5)14-20(21)26(32)33/h7-8,13-15,26H,9-12H2,1-6H3,(H,34,40)(H,35,41). The lowest BCUT2D eigenvalue weighted by molar-refractivity contribution is -0.119. The summed E-state index contributed by atoms with van der Waals surface area (Å²) in [5.74, 6) is -3.08. The second-order valence-corrected chi connectivity index (χ2v) is 11.1. The number of nitrogens with zero attached hydrogens (tertiary/aromatic N) is 3. The molecule has 1 aromatic carbocycles. The fourth-order valence-electron chi connectivity index (χ4n) is 5.44. The van der Waals surface area contributed by atoms with Gasteiger partial charge in [-0.2, -0.15) is 0 Å². The van der Waals surface area contributed by atoms with Gasteiger partial charge in [0.05, 0.1) is 16.8 Å². The molecule has 42 heavy (non-hydrogen) atoms. The predicted molar refractivity (Wildman–Crippen MR) is 150 cm³/mol. The molecular formula is C30H34F3N5O4. The number of ketones is 1. The lowest BCUT2D eigenvalue weighted by atomic mass is 9.89. The maximum Gasteiger partial charge on any atom is 0.294 e. The molecule has 1 aliphatic rings. The van der Waals surface area contributed by atoms with E-state index in [1.165, 1.54) is 44.6 Å². The van der Waals surface area contributed by atoms with Crippen molar-refractivity contribution in [1.82, 2.24) is 19.4 Å². The summed E-state index contributed by atoms with van der Waals surface area (Å²) < 4.78 is 43.4. The Morgan fingerprint density at radius 1 is 1.00 bits per heavy atom. The van der Waals surface area contributed by atoms with E-state index in [4.69, 9.17) is 0 Å². The van der Waals surface area contributed by atoms with Crippen LogP contribution >= 0.6 is 0 Å². The van der Waals surface area contributed by atoms with E-state index in [1.807, 2.05) is 0 Å². The molecule has 3 heterocycles. The van der Waals surface area contributed by atoms with Gasteiger partial charge in [-0.3, -0.25) is 19.2 Å². The first-order valence-corrected chi connectivity index (χ1v) is 13.5. The molecule has 1 fully saturated rings. The van der Waals surface area contributed by atoms with Crippen LogP contribution in [-0.4, -0.2) is 56.2 Å². The number of anilines is 1. The number of nitrogens with one attached hydrogen (secondary N) is 2. The SMILES string of the molecule is Cc1cc(NC(=O)c2c(C)c(C(=O)C(=O)NC3(C)CCN(C(=O)c4cn(C)cc4C(F)F)CC3)n(C)c2C)ccc1F. The van der Waals surface area contributed by atoms with Crippen LogP contribution in [0.25, 0.3) is 0 Å². The van der Waals surface area contributed by atoms with Crippen molar-refractivity contribution in [2.45, 2.75) is 52.5 Å². The zero-order valence-corrected chi connectivity index (χ0v) is 24.4. The van der Waals surface area contributed by atoms with E-state index in [2.05, 4.69) is 10.6 Å². The zero-order valence-electron chi connectivity index (χ0n) is 24.4. The Balaban J connectivity index is 1.45. The summed E-state index contributed by atoms with van der Waals surface area (Å²) >= 11 is 0. The quantitative estimate of drug-likeness (QED) is 0.312. The number of piperidine rings is 1. The molecule has 0 saturated carbocycles. The number of alkyl halides is 2. The van der Waals surface area contributed by atoms with Gasteiger partial charge in [-0.25, -0.2) is 13.2 Å². The van der Waals surface area contributed by atoms with Crippen molar-refractivity contribution in [3.05, 3.63) is 75.6 Å². The summed E-state index contributed by atoms with van der Waals surface area (Å²) in [4.78, 5) is 54.1. The number of Topliss-reactive ketones (excluding diaryl/α,β-unsaturated/α-hetero) is 1. The number of amides is 3. The maximum absolute atomic E-state index is 13.6. The minimum absolute atomic E-state index is 0.0562. The number of rotatable bonds is 7. The van der Waals surface area contributed by atoms with E-state index in [1.54, 1.807) is 41.8 Å². The van der Waals surface area contributed by atoms with E-state index in [0.29, 0.717) is 35.3 Å². The lowest BCUT2D eigenvalue weighted by Crippen LogP contribution is -2.55. The van der Waals surface area contributed by atoms with Gasteiger partial charge < -0.3 is 24.7 Å². The smallest absolute Gasteiger partial charge is 0.294 e. The summed E-state index contributed by atoms with van der Waals surface area (Å²) in [5, 5.41) is 5.51. The van der Waals surface area contributed by atoms with Gasteiger partial charge in [-0.05, 0) is 69.9 Å². The molecule has 224 valence electrons. The molecule has 4 rings (SSSR count). The summed E-state index contributed by atoms with van der Waals surface area (Å²) in [6.07, 6.45) is 0.435. The molecule has 1 aliphatic heterocycles. The minimum Gasteiger partial charge on any atom is -0.356 e. The third-order valence-corrected chi connectivity index (χ3v) is 8.02.